The second kappa shape index (κ2) is 8.61. The smallest absolute Gasteiger partial charge is 0.242 e. The summed E-state index contributed by atoms with van der Waals surface area (Å²) in [5.74, 6) is -0.930. The Kier molecular flexibility index (Phi) is 6.50. The predicted octanol–water partition coefficient (Wildman–Crippen LogP) is 3.56. The van der Waals surface area contributed by atoms with Crippen molar-refractivity contribution in [2.45, 2.75) is 27.2 Å². The molecule has 4 nitrogen and oxygen atoms in total. The monoisotopic (exact) mass is 356 g/mol. The van der Waals surface area contributed by atoms with Gasteiger partial charge >= 0.3 is 0 Å². The summed E-state index contributed by atoms with van der Waals surface area (Å²) in [7, 11) is 0. The molecule has 0 spiro atoms. The number of carbonyl (C=O) groups is 2. The number of rotatable bonds is 7. The molecule has 0 aliphatic carbocycles. The highest BCUT2D eigenvalue weighted by molar-refractivity contribution is 6.11. The van der Waals surface area contributed by atoms with Crippen molar-refractivity contribution in [1.82, 2.24) is 5.32 Å². The van der Waals surface area contributed by atoms with Crippen LogP contribution in [0.4, 0.5) is 10.1 Å². The van der Waals surface area contributed by atoms with Gasteiger partial charge in [0.2, 0.25) is 11.8 Å². The zero-order valence-corrected chi connectivity index (χ0v) is 15.5. The van der Waals surface area contributed by atoms with Gasteiger partial charge in [-0.1, -0.05) is 36.4 Å². The van der Waals surface area contributed by atoms with E-state index < -0.39 is 5.41 Å². The Hall–Kier alpha value is -2.69. The van der Waals surface area contributed by atoms with Crippen LogP contribution in [0.1, 0.15) is 26.3 Å². The maximum Gasteiger partial charge on any atom is 0.242 e. The molecule has 2 aromatic rings. The summed E-state index contributed by atoms with van der Waals surface area (Å²) < 4.78 is 13.6. The number of hydrogen-bond acceptors (Lipinski definition) is 2. The molecule has 2 amide bonds. The third-order valence-corrected chi connectivity index (χ3v) is 4.37. The minimum Gasteiger partial charge on any atom is -0.355 e. The Morgan fingerprint density at radius 3 is 2.27 bits per heavy atom. The minimum atomic E-state index is -1.22. The van der Waals surface area contributed by atoms with E-state index in [1.807, 2.05) is 37.3 Å². The number of amides is 2. The van der Waals surface area contributed by atoms with Crippen molar-refractivity contribution in [2.24, 2.45) is 5.41 Å². The van der Waals surface area contributed by atoms with E-state index in [1.54, 1.807) is 36.9 Å². The van der Waals surface area contributed by atoms with Gasteiger partial charge in [0.25, 0.3) is 0 Å². The first-order valence-corrected chi connectivity index (χ1v) is 8.76. The second-order valence-electron chi connectivity index (χ2n) is 6.61. The van der Waals surface area contributed by atoms with Gasteiger partial charge < -0.3 is 10.2 Å². The van der Waals surface area contributed by atoms with E-state index in [-0.39, 0.29) is 24.2 Å². The molecule has 5 heteroatoms. The molecule has 0 saturated carbocycles. The maximum atomic E-state index is 13.6. The van der Waals surface area contributed by atoms with E-state index in [0.717, 1.165) is 5.69 Å². The van der Waals surface area contributed by atoms with Crippen molar-refractivity contribution in [2.75, 3.05) is 18.0 Å². The van der Waals surface area contributed by atoms with Gasteiger partial charge in [-0.15, -0.1) is 0 Å². The fourth-order valence-corrected chi connectivity index (χ4v) is 2.72. The lowest BCUT2D eigenvalue weighted by molar-refractivity contribution is -0.139. The van der Waals surface area contributed by atoms with Crippen LogP contribution in [-0.4, -0.2) is 24.9 Å². The molecule has 26 heavy (non-hydrogen) atoms. The fraction of sp³-hybridized carbons (Fsp3) is 0.333. The van der Waals surface area contributed by atoms with Crippen LogP contribution in [0.2, 0.25) is 0 Å². The SMILES string of the molecule is CCN(C(=O)C(C)(C)C(=O)NCCc1ccccc1F)c1ccccc1. The second-order valence-corrected chi connectivity index (χ2v) is 6.61. The van der Waals surface area contributed by atoms with Crippen LogP contribution in [0, 0.1) is 11.2 Å². The normalized spacial score (nSPS) is 11.1. The zero-order chi connectivity index (χ0) is 19.2. The van der Waals surface area contributed by atoms with Gasteiger partial charge in [-0.2, -0.15) is 0 Å². The lowest BCUT2D eigenvalue weighted by Gasteiger charge is -2.30. The highest BCUT2D eigenvalue weighted by Gasteiger charge is 2.39. The standard InChI is InChI=1S/C21H25FN2O2/c1-4-24(17-11-6-5-7-12-17)20(26)21(2,3)19(25)23-15-14-16-10-8-9-13-18(16)22/h5-13H,4,14-15H2,1-3H3,(H,23,25). The Morgan fingerprint density at radius 2 is 1.65 bits per heavy atom. The number of carbonyl (C=O) groups excluding carboxylic acids is 2. The van der Waals surface area contributed by atoms with Crippen LogP contribution >= 0.6 is 0 Å². The molecule has 138 valence electrons. The number of nitrogens with one attached hydrogen (secondary N) is 1. The number of benzene rings is 2. The molecule has 0 aliphatic rings. The van der Waals surface area contributed by atoms with Gasteiger partial charge in [0.05, 0.1) is 0 Å². The molecule has 2 rings (SSSR count). The molecule has 0 aliphatic heterocycles. The molecule has 0 atom stereocenters. The van der Waals surface area contributed by atoms with Crippen LogP contribution in [0.5, 0.6) is 0 Å². The average molecular weight is 356 g/mol. The molecule has 2 aromatic carbocycles. The molecule has 1 N–H and O–H groups in total. The molecule has 0 saturated heterocycles. The van der Waals surface area contributed by atoms with Gasteiger partial charge in [0.1, 0.15) is 11.2 Å². The number of anilines is 1. The number of para-hydroxylation sites is 1. The third kappa shape index (κ3) is 4.48. The summed E-state index contributed by atoms with van der Waals surface area (Å²) in [6.45, 7) is 5.83. The summed E-state index contributed by atoms with van der Waals surface area (Å²) in [5, 5.41) is 2.76. The lowest BCUT2D eigenvalue weighted by Crippen LogP contribution is -2.50. The molecule has 0 heterocycles. The first kappa shape index (κ1) is 19.6. The molecule has 0 radical (unpaired) electrons. The summed E-state index contributed by atoms with van der Waals surface area (Å²) in [4.78, 5) is 27.1. The molecular formula is C21H25FN2O2. The predicted molar refractivity (Wildman–Crippen MR) is 101 cm³/mol. The summed E-state index contributed by atoms with van der Waals surface area (Å²) in [6, 6.07) is 15.7. The fourth-order valence-electron chi connectivity index (χ4n) is 2.72. The first-order chi connectivity index (χ1) is 12.4. The van der Waals surface area contributed by atoms with Crippen LogP contribution in [0.3, 0.4) is 0 Å². The van der Waals surface area contributed by atoms with E-state index >= 15 is 0 Å². The Morgan fingerprint density at radius 1 is 1.04 bits per heavy atom. The summed E-state index contributed by atoms with van der Waals surface area (Å²) in [6.07, 6.45) is 0.374. The van der Waals surface area contributed by atoms with Gasteiger partial charge in [-0.3, -0.25) is 9.59 Å². The topological polar surface area (TPSA) is 49.4 Å². The Labute approximate surface area is 154 Å². The third-order valence-electron chi connectivity index (χ3n) is 4.37. The van der Waals surface area contributed by atoms with E-state index in [4.69, 9.17) is 0 Å². The van der Waals surface area contributed by atoms with Gasteiger partial charge in [0, 0.05) is 18.8 Å². The number of hydrogen-bond donors (Lipinski definition) is 1. The lowest BCUT2D eigenvalue weighted by atomic mass is 9.90. The summed E-state index contributed by atoms with van der Waals surface area (Å²) in [5.41, 5.74) is 0.0739. The quantitative estimate of drug-likeness (QED) is 0.771. The van der Waals surface area contributed by atoms with E-state index in [9.17, 15) is 14.0 Å². The van der Waals surface area contributed by atoms with Gasteiger partial charge in [-0.25, -0.2) is 4.39 Å². The van der Waals surface area contributed by atoms with Crippen LogP contribution in [0.15, 0.2) is 54.6 Å². The molecular weight excluding hydrogens is 331 g/mol. The highest BCUT2D eigenvalue weighted by atomic mass is 19.1. The highest BCUT2D eigenvalue weighted by Crippen LogP contribution is 2.24. The van der Waals surface area contributed by atoms with Crippen LogP contribution in [-0.2, 0) is 16.0 Å². The first-order valence-electron chi connectivity index (χ1n) is 8.76. The molecule has 0 fully saturated rings. The van der Waals surface area contributed by atoms with E-state index in [0.29, 0.717) is 18.5 Å². The summed E-state index contributed by atoms with van der Waals surface area (Å²) >= 11 is 0. The van der Waals surface area contributed by atoms with Gasteiger partial charge in [-0.05, 0) is 51.0 Å². The minimum absolute atomic E-state index is 0.269. The van der Waals surface area contributed by atoms with Crippen molar-refractivity contribution in [1.29, 1.82) is 0 Å². The van der Waals surface area contributed by atoms with E-state index in [2.05, 4.69) is 5.32 Å². The average Bonchev–Trinajstić information content (AvgIpc) is 2.64. The number of nitrogens with zero attached hydrogens (tertiary/aromatic N) is 1. The van der Waals surface area contributed by atoms with Gasteiger partial charge in [0.15, 0.2) is 0 Å². The van der Waals surface area contributed by atoms with Crippen molar-refractivity contribution < 1.29 is 14.0 Å². The zero-order valence-electron chi connectivity index (χ0n) is 15.5. The van der Waals surface area contributed by atoms with Crippen LogP contribution < -0.4 is 10.2 Å². The Bertz CT molecular complexity index is 760. The largest absolute Gasteiger partial charge is 0.355 e. The molecule has 0 aromatic heterocycles. The van der Waals surface area contributed by atoms with Crippen molar-refractivity contribution in [3.05, 3.63) is 66.0 Å². The van der Waals surface area contributed by atoms with Crippen molar-refractivity contribution in [3.63, 3.8) is 0 Å². The Balaban J connectivity index is 2.01. The molecule has 0 bridgehead atoms. The van der Waals surface area contributed by atoms with E-state index in [1.165, 1.54) is 6.07 Å². The maximum absolute atomic E-state index is 13.6. The van der Waals surface area contributed by atoms with Crippen LogP contribution in [0.25, 0.3) is 0 Å². The molecule has 0 unspecified atom stereocenters. The number of halogens is 1. The van der Waals surface area contributed by atoms with Crippen molar-refractivity contribution >= 4 is 17.5 Å². The van der Waals surface area contributed by atoms with Crippen molar-refractivity contribution in [3.8, 4) is 0 Å².